The van der Waals surface area contributed by atoms with Crippen LogP contribution in [0.15, 0.2) is 52.4 Å². The number of piperazine rings is 1. The molecule has 258 valence electrons. The molecule has 0 saturated carbocycles. The Labute approximate surface area is 285 Å². The van der Waals surface area contributed by atoms with E-state index in [2.05, 4.69) is 26.6 Å². The molecule has 0 N–H and O–H groups in total. The number of rotatable bonds is 10. The minimum absolute atomic E-state index is 0.0886. The SMILES string of the molecule is C=N/C(CN1CCC(N2C[C@@H]3N(C(=O)/C=C/c4nc5ccccc5s4)O[C@H](CC(C)C)C(=O)N3[C@@H](CC(C)C)C2=O)CC1)=N\C=C(/C)F. The number of nitrogens with zero attached hydrogens (tertiary/aromatic N) is 7. The summed E-state index contributed by atoms with van der Waals surface area (Å²) >= 11 is 1.49. The minimum atomic E-state index is -0.872. The van der Waals surface area contributed by atoms with Crippen LogP contribution in [0.25, 0.3) is 16.3 Å². The number of aromatic nitrogens is 1. The monoisotopic (exact) mass is 679 g/mol. The van der Waals surface area contributed by atoms with E-state index in [1.807, 2.05) is 56.9 Å². The number of likely N-dealkylation sites (tertiary alicyclic amines) is 1. The Balaban J connectivity index is 1.39. The highest BCUT2D eigenvalue weighted by Crippen LogP contribution is 2.34. The molecule has 1 aromatic heterocycles. The second kappa shape index (κ2) is 15.6. The van der Waals surface area contributed by atoms with Crippen molar-refractivity contribution in [2.45, 2.75) is 84.7 Å². The number of amides is 3. The summed E-state index contributed by atoms with van der Waals surface area (Å²) in [5, 5.41) is 2.01. The predicted octanol–water partition coefficient (Wildman–Crippen LogP) is 5.30. The lowest BCUT2D eigenvalue weighted by atomic mass is 9.93. The topological polar surface area (TPSA) is 111 Å². The lowest BCUT2D eigenvalue weighted by molar-refractivity contribution is -0.275. The molecule has 13 heteroatoms. The van der Waals surface area contributed by atoms with Gasteiger partial charge in [-0.25, -0.2) is 19.4 Å². The quantitative estimate of drug-likeness (QED) is 0.192. The van der Waals surface area contributed by atoms with Gasteiger partial charge in [-0.15, -0.1) is 11.3 Å². The van der Waals surface area contributed by atoms with Crippen molar-refractivity contribution < 1.29 is 23.6 Å². The van der Waals surface area contributed by atoms with E-state index in [-0.39, 0.29) is 36.2 Å². The number of piperidine rings is 1. The van der Waals surface area contributed by atoms with Gasteiger partial charge in [-0.1, -0.05) is 39.8 Å². The first-order chi connectivity index (χ1) is 22.9. The summed E-state index contributed by atoms with van der Waals surface area (Å²) in [6.07, 6.45) is 4.88. The van der Waals surface area contributed by atoms with Gasteiger partial charge in [0.05, 0.1) is 29.5 Å². The summed E-state index contributed by atoms with van der Waals surface area (Å²) in [5.41, 5.74) is 0.859. The van der Waals surface area contributed by atoms with Crippen molar-refractivity contribution in [2.75, 3.05) is 26.2 Å². The number of fused-ring (bicyclic) bond motifs is 2. The summed E-state index contributed by atoms with van der Waals surface area (Å²) in [5.74, 6) is -0.460. The molecule has 3 atom stereocenters. The maximum atomic E-state index is 14.3. The van der Waals surface area contributed by atoms with Crippen molar-refractivity contribution in [1.29, 1.82) is 0 Å². The van der Waals surface area contributed by atoms with Crippen LogP contribution in [0.2, 0.25) is 0 Å². The summed E-state index contributed by atoms with van der Waals surface area (Å²) in [6.45, 7) is 14.9. The largest absolute Gasteiger partial charge is 0.334 e. The number of amidine groups is 1. The normalized spacial score (nSPS) is 23.7. The van der Waals surface area contributed by atoms with Gasteiger partial charge >= 0.3 is 0 Å². The van der Waals surface area contributed by atoms with Gasteiger partial charge < -0.3 is 9.80 Å². The Kier molecular flexibility index (Phi) is 11.5. The van der Waals surface area contributed by atoms with Gasteiger partial charge in [0.25, 0.3) is 11.8 Å². The second-order valence-electron chi connectivity index (χ2n) is 13.5. The number of hydrogen-bond donors (Lipinski definition) is 0. The summed E-state index contributed by atoms with van der Waals surface area (Å²) in [7, 11) is 0. The zero-order valence-electron chi connectivity index (χ0n) is 28.4. The number of carbonyl (C=O) groups is 3. The Morgan fingerprint density at radius 1 is 1.12 bits per heavy atom. The van der Waals surface area contributed by atoms with Crippen LogP contribution in [0.4, 0.5) is 4.39 Å². The van der Waals surface area contributed by atoms with Crippen LogP contribution in [0.1, 0.15) is 65.3 Å². The third-order valence-electron chi connectivity index (χ3n) is 8.84. The number of thiazole rings is 1. The highest BCUT2D eigenvalue weighted by atomic mass is 32.1. The van der Waals surface area contributed by atoms with E-state index < -0.39 is 30.0 Å². The van der Waals surface area contributed by atoms with Crippen LogP contribution >= 0.6 is 11.3 Å². The molecule has 0 radical (unpaired) electrons. The Morgan fingerprint density at radius 3 is 2.48 bits per heavy atom. The van der Waals surface area contributed by atoms with Gasteiger partial charge in [0, 0.05) is 25.2 Å². The molecule has 3 amide bonds. The number of benzene rings is 1. The molecular weight excluding hydrogens is 633 g/mol. The third-order valence-corrected chi connectivity index (χ3v) is 9.84. The molecule has 11 nitrogen and oxygen atoms in total. The molecular formula is C35H46FN7O4S. The number of hydrogen-bond acceptors (Lipinski definition) is 8. The van der Waals surface area contributed by atoms with Crippen LogP contribution < -0.4 is 0 Å². The molecule has 4 heterocycles. The van der Waals surface area contributed by atoms with Crippen molar-refractivity contribution in [3.05, 3.63) is 47.4 Å². The molecule has 3 aliphatic heterocycles. The number of hydroxylamine groups is 2. The number of carbonyl (C=O) groups excluding carboxylic acids is 3. The fourth-order valence-corrected chi connectivity index (χ4v) is 7.47. The van der Waals surface area contributed by atoms with Crippen LogP contribution in [-0.4, -0.2) is 106 Å². The molecule has 0 aliphatic carbocycles. The maximum absolute atomic E-state index is 14.3. The first kappa shape index (κ1) is 35.5. The summed E-state index contributed by atoms with van der Waals surface area (Å²) in [6, 6.07) is 6.99. The molecule has 5 rings (SSSR count). The molecule has 2 aromatic rings. The summed E-state index contributed by atoms with van der Waals surface area (Å²) in [4.78, 5) is 66.8. The van der Waals surface area contributed by atoms with E-state index in [0.717, 1.165) is 16.4 Å². The van der Waals surface area contributed by atoms with E-state index in [0.29, 0.717) is 56.2 Å². The molecule has 1 aromatic carbocycles. The van der Waals surface area contributed by atoms with Crippen molar-refractivity contribution in [3.63, 3.8) is 0 Å². The highest BCUT2D eigenvalue weighted by Gasteiger charge is 2.53. The van der Waals surface area contributed by atoms with Gasteiger partial charge in [0.15, 0.2) is 12.3 Å². The Morgan fingerprint density at radius 2 is 1.83 bits per heavy atom. The van der Waals surface area contributed by atoms with Crippen molar-refractivity contribution in [3.8, 4) is 0 Å². The van der Waals surface area contributed by atoms with Crippen molar-refractivity contribution in [2.24, 2.45) is 21.8 Å². The van der Waals surface area contributed by atoms with Gasteiger partial charge in [-0.2, -0.15) is 5.06 Å². The molecule has 0 unspecified atom stereocenters. The van der Waals surface area contributed by atoms with E-state index >= 15 is 0 Å². The highest BCUT2D eigenvalue weighted by molar-refractivity contribution is 7.19. The standard InChI is InChI=1S/C35H46FN7O4S/c1-22(2)17-27-34(45)41(25-13-15-40(16-14-25)20-30(37-6)38-19-24(5)36)21-32-42(27)35(46)28(18-23(3)4)47-43(32)33(44)12-11-31-39-26-9-7-8-10-29(26)48-31/h7-12,19,22-23,25,27-28,32H,6,13-18,20-21H2,1-5H3/b12-11+,24-19+,38-30-/t27-,28+,32-/m0/s1. The Hall–Kier alpha value is -3.81. The smallest absolute Gasteiger partial charge is 0.272 e. The molecule has 48 heavy (non-hydrogen) atoms. The number of allylic oxidation sites excluding steroid dienone is 1. The third kappa shape index (κ3) is 8.24. The lowest BCUT2D eigenvalue weighted by Gasteiger charge is -2.55. The first-order valence-electron chi connectivity index (χ1n) is 16.7. The molecule has 0 bridgehead atoms. The molecule has 3 fully saturated rings. The van der Waals surface area contributed by atoms with Crippen LogP contribution in [-0.2, 0) is 19.2 Å². The predicted molar refractivity (Wildman–Crippen MR) is 187 cm³/mol. The fraction of sp³-hybridized carbons (Fsp3) is 0.543. The number of halogens is 1. The molecule has 3 aliphatic rings. The zero-order valence-corrected chi connectivity index (χ0v) is 29.2. The molecule has 0 spiro atoms. The van der Waals surface area contributed by atoms with E-state index in [4.69, 9.17) is 4.84 Å². The average molecular weight is 680 g/mol. The number of para-hydroxylation sites is 1. The minimum Gasteiger partial charge on any atom is -0.334 e. The second-order valence-corrected chi connectivity index (χ2v) is 14.6. The number of aliphatic imine (C=N–C) groups is 2. The first-order valence-corrected chi connectivity index (χ1v) is 17.5. The maximum Gasteiger partial charge on any atom is 0.272 e. The van der Waals surface area contributed by atoms with Crippen molar-refractivity contribution in [1.82, 2.24) is 24.7 Å². The van der Waals surface area contributed by atoms with Crippen LogP contribution in [0, 0.1) is 11.8 Å². The van der Waals surface area contributed by atoms with E-state index in [1.165, 1.54) is 29.4 Å². The van der Waals surface area contributed by atoms with Gasteiger partial charge in [0.2, 0.25) is 5.91 Å². The van der Waals surface area contributed by atoms with Crippen molar-refractivity contribution >= 4 is 57.9 Å². The van der Waals surface area contributed by atoms with Gasteiger partial charge in [0.1, 0.15) is 22.7 Å². The van der Waals surface area contributed by atoms with Crippen LogP contribution in [0.3, 0.4) is 0 Å². The van der Waals surface area contributed by atoms with Crippen LogP contribution in [0.5, 0.6) is 0 Å². The Bertz CT molecular complexity index is 1560. The van der Waals surface area contributed by atoms with Gasteiger partial charge in [-0.05, 0) is 69.4 Å². The summed E-state index contributed by atoms with van der Waals surface area (Å²) < 4.78 is 14.2. The average Bonchev–Trinajstić information content (AvgIpc) is 3.47. The molecule has 3 saturated heterocycles. The zero-order chi connectivity index (χ0) is 34.5. The lowest BCUT2D eigenvalue weighted by Crippen LogP contribution is -2.74. The fourth-order valence-electron chi connectivity index (χ4n) is 6.60. The van der Waals surface area contributed by atoms with E-state index in [9.17, 15) is 18.8 Å². The van der Waals surface area contributed by atoms with Gasteiger partial charge in [-0.3, -0.25) is 24.1 Å². The van der Waals surface area contributed by atoms with E-state index in [1.54, 1.807) is 11.0 Å².